The molecular formula is C87H55N7O2. The van der Waals surface area contributed by atoms with E-state index < -0.39 is 5.41 Å². The molecular weight excluding hydrogens is 1180 g/mol. The summed E-state index contributed by atoms with van der Waals surface area (Å²) in [7, 11) is 0. The molecule has 18 aromatic rings. The zero-order valence-electron chi connectivity index (χ0n) is 52.2. The van der Waals surface area contributed by atoms with Crippen molar-refractivity contribution >= 4 is 65.7 Å². The minimum Gasteiger partial charge on any atom is -0.455 e. The molecule has 0 fully saturated rings. The third kappa shape index (κ3) is 8.64. The Hall–Kier alpha value is -12.7. The number of para-hydroxylation sites is 2. The summed E-state index contributed by atoms with van der Waals surface area (Å²) in [6.45, 7) is 4.61. The van der Waals surface area contributed by atoms with E-state index in [1.165, 1.54) is 5.56 Å². The zero-order valence-corrected chi connectivity index (χ0v) is 52.2. The molecule has 9 heteroatoms. The number of fused-ring (bicyclic) bond motifs is 14. The summed E-state index contributed by atoms with van der Waals surface area (Å²) in [6, 6.07) is 101. The van der Waals surface area contributed by atoms with Crippen LogP contribution in [0.4, 0.5) is 0 Å². The van der Waals surface area contributed by atoms with Gasteiger partial charge in [0.05, 0.1) is 33.5 Å². The molecule has 0 aliphatic heterocycles. The van der Waals surface area contributed by atoms with Gasteiger partial charge in [-0.3, -0.25) is 4.98 Å². The predicted molar refractivity (Wildman–Crippen MR) is 389 cm³/mol. The average molecular weight is 1230 g/mol. The van der Waals surface area contributed by atoms with Crippen molar-refractivity contribution < 1.29 is 8.83 Å². The number of benzene rings is 12. The van der Waals surface area contributed by atoms with E-state index in [4.69, 9.17) is 38.7 Å². The Morgan fingerprint density at radius 1 is 0.323 bits per heavy atom. The van der Waals surface area contributed by atoms with Gasteiger partial charge >= 0.3 is 0 Å². The zero-order chi connectivity index (χ0) is 63.6. The van der Waals surface area contributed by atoms with Crippen LogP contribution in [0.2, 0.25) is 0 Å². The Morgan fingerprint density at radius 2 is 0.802 bits per heavy atom. The van der Waals surface area contributed by atoms with Crippen molar-refractivity contribution in [1.82, 2.24) is 34.5 Å². The normalized spacial score (nSPS) is 12.6. The van der Waals surface area contributed by atoms with E-state index in [2.05, 4.69) is 243 Å². The molecule has 9 nitrogen and oxygen atoms in total. The molecule has 0 atom stereocenters. The van der Waals surface area contributed by atoms with E-state index in [0.29, 0.717) is 23.3 Å². The highest BCUT2D eigenvalue weighted by Crippen LogP contribution is 2.56. The lowest BCUT2D eigenvalue weighted by atomic mass is 9.80. The molecule has 6 aromatic heterocycles. The number of nitrogens with zero attached hydrogens (tertiary/aromatic N) is 7. The number of rotatable bonds is 10. The second kappa shape index (κ2) is 21.7. The van der Waals surface area contributed by atoms with Crippen LogP contribution in [0, 0.1) is 0 Å². The topological polar surface area (TPSA) is 109 Å². The molecule has 450 valence electrons. The van der Waals surface area contributed by atoms with Crippen LogP contribution in [-0.2, 0) is 5.41 Å². The first-order valence-corrected chi connectivity index (χ1v) is 32.4. The maximum atomic E-state index is 7.13. The summed E-state index contributed by atoms with van der Waals surface area (Å²) in [5.74, 6) is 2.44. The Labute approximate surface area is 552 Å². The highest BCUT2D eigenvalue weighted by molar-refractivity contribution is 6.26. The lowest BCUT2D eigenvalue weighted by molar-refractivity contribution is 0.652. The maximum Gasteiger partial charge on any atom is 0.164 e. The third-order valence-electron chi connectivity index (χ3n) is 19.4. The van der Waals surface area contributed by atoms with Gasteiger partial charge in [0.25, 0.3) is 0 Å². The van der Waals surface area contributed by atoms with Gasteiger partial charge in [-0.05, 0) is 93.5 Å². The Bertz CT molecular complexity index is 6100. The third-order valence-corrected chi connectivity index (χ3v) is 19.4. The van der Waals surface area contributed by atoms with Crippen molar-refractivity contribution in [1.29, 1.82) is 0 Å². The summed E-state index contributed by atoms with van der Waals surface area (Å²) in [5, 5.41) is 6.38. The molecule has 0 bridgehead atoms. The van der Waals surface area contributed by atoms with Crippen LogP contribution in [0.25, 0.3) is 184 Å². The van der Waals surface area contributed by atoms with Gasteiger partial charge in [-0.15, -0.1) is 0 Å². The standard InChI is InChI=1S/C87H55N7O2/c1-87(2)68-47-45-66-75-61(59-32-16-18-34-63(59)86-92-83(55-25-9-4-10-26-55)91-84(93-86)56-27-11-5-12-28-56)37-21-39-73(75)95-81(66)77(68)65-49-50-88-80(79(65)87)54-43-41-53(42-44-54)70-51-69(52-23-7-3-8-24-52)89-85(90-70)62-33-17-15-31-58(62)60-36-22-40-74-76(60)67-46-48-72-78(82(67)96-74)64-35-19-20-38-71(64)94(72)57-29-13-6-14-30-57/h3-51H,1-2H3. The van der Waals surface area contributed by atoms with Crippen LogP contribution < -0.4 is 0 Å². The molecule has 0 amide bonds. The van der Waals surface area contributed by atoms with Crippen molar-refractivity contribution in [3.63, 3.8) is 0 Å². The van der Waals surface area contributed by atoms with E-state index in [9.17, 15) is 0 Å². The van der Waals surface area contributed by atoms with Crippen molar-refractivity contribution in [2.24, 2.45) is 0 Å². The molecule has 0 radical (unpaired) electrons. The summed E-state index contributed by atoms with van der Waals surface area (Å²) < 4.78 is 16.5. The summed E-state index contributed by atoms with van der Waals surface area (Å²) >= 11 is 0. The molecule has 0 spiro atoms. The van der Waals surface area contributed by atoms with Gasteiger partial charge in [-0.25, -0.2) is 24.9 Å². The molecule has 96 heavy (non-hydrogen) atoms. The first-order chi connectivity index (χ1) is 47.4. The minimum absolute atomic E-state index is 0.428. The van der Waals surface area contributed by atoms with Crippen LogP contribution in [0.1, 0.15) is 25.0 Å². The molecule has 0 N–H and O–H groups in total. The second-order valence-corrected chi connectivity index (χ2v) is 25.2. The second-order valence-electron chi connectivity index (χ2n) is 25.2. The monoisotopic (exact) mass is 1230 g/mol. The van der Waals surface area contributed by atoms with Gasteiger partial charge in [0.2, 0.25) is 0 Å². The summed E-state index contributed by atoms with van der Waals surface area (Å²) in [5.41, 5.74) is 24.0. The van der Waals surface area contributed by atoms with Gasteiger partial charge < -0.3 is 13.4 Å². The minimum atomic E-state index is -0.428. The first-order valence-electron chi connectivity index (χ1n) is 32.4. The van der Waals surface area contributed by atoms with Crippen molar-refractivity contribution in [2.75, 3.05) is 0 Å². The quantitative estimate of drug-likeness (QED) is 0.133. The smallest absolute Gasteiger partial charge is 0.164 e. The van der Waals surface area contributed by atoms with Crippen LogP contribution in [0.3, 0.4) is 0 Å². The van der Waals surface area contributed by atoms with Gasteiger partial charge in [0, 0.05) is 88.7 Å². The van der Waals surface area contributed by atoms with Crippen molar-refractivity contribution in [2.45, 2.75) is 19.3 Å². The number of aromatic nitrogens is 7. The van der Waals surface area contributed by atoms with E-state index in [1.807, 2.05) is 72.9 Å². The number of hydrogen-bond acceptors (Lipinski definition) is 8. The lowest BCUT2D eigenvalue weighted by Gasteiger charge is -2.23. The molecule has 6 heterocycles. The van der Waals surface area contributed by atoms with E-state index >= 15 is 0 Å². The van der Waals surface area contributed by atoms with Crippen molar-refractivity contribution in [3.05, 3.63) is 309 Å². The Kier molecular flexibility index (Phi) is 12.4. The fourth-order valence-corrected chi connectivity index (χ4v) is 15.0. The fraction of sp³-hybridized carbons (Fsp3) is 0.0345. The van der Waals surface area contributed by atoms with Crippen LogP contribution in [0.15, 0.2) is 306 Å². The number of hydrogen-bond donors (Lipinski definition) is 0. The fourth-order valence-electron chi connectivity index (χ4n) is 15.0. The molecule has 1 aliphatic carbocycles. The molecule has 19 rings (SSSR count). The molecule has 0 saturated carbocycles. The largest absolute Gasteiger partial charge is 0.455 e. The Balaban J connectivity index is 0.702. The number of pyridine rings is 1. The Morgan fingerprint density at radius 3 is 1.43 bits per heavy atom. The highest BCUT2D eigenvalue weighted by atomic mass is 16.3. The first kappa shape index (κ1) is 55.0. The molecule has 12 aromatic carbocycles. The van der Waals surface area contributed by atoms with E-state index in [1.54, 1.807) is 0 Å². The van der Waals surface area contributed by atoms with Gasteiger partial charge in [0.1, 0.15) is 22.3 Å². The molecule has 0 unspecified atom stereocenters. The van der Waals surface area contributed by atoms with Crippen LogP contribution in [0.5, 0.6) is 0 Å². The maximum absolute atomic E-state index is 7.13. The molecule has 0 saturated heterocycles. The predicted octanol–water partition coefficient (Wildman–Crippen LogP) is 22.3. The summed E-state index contributed by atoms with van der Waals surface area (Å²) in [6.07, 6.45) is 1.94. The van der Waals surface area contributed by atoms with E-state index in [0.717, 1.165) is 166 Å². The lowest BCUT2D eigenvalue weighted by Crippen LogP contribution is -2.16. The van der Waals surface area contributed by atoms with Crippen LogP contribution in [-0.4, -0.2) is 34.5 Å². The van der Waals surface area contributed by atoms with Gasteiger partial charge in [-0.1, -0.05) is 250 Å². The van der Waals surface area contributed by atoms with Gasteiger partial charge in [0.15, 0.2) is 23.3 Å². The van der Waals surface area contributed by atoms with Gasteiger partial charge in [-0.2, -0.15) is 0 Å². The number of furan rings is 2. The van der Waals surface area contributed by atoms with E-state index in [-0.39, 0.29) is 0 Å². The average Bonchev–Trinajstić information content (AvgIpc) is 1.55. The molecule has 1 aliphatic rings. The van der Waals surface area contributed by atoms with Crippen LogP contribution >= 0.6 is 0 Å². The highest BCUT2D eigenvalue weighted by Gasteiger charge is 2.41. The SMILES string of the molecule is CC1(C)c2ccc3c(oc4cccc(-c5ccccc5-c5nc(-c6ccccc6)nc(-c6ccccc6)n5)c43)c2-c2ccnc(-c3ccc(-c4cc(-c5ccccc5)nc(-c5ccccc5-c5cccc6oc7c(ccc8c7c7ccccc7n8-c7ccccc7)c56)n4)cc3)c21. The summed E-state index contributed by atoms with van der Waals surface area (Å²) in [4.78, 5) is 31.4. The van der Waals surface area contributed by atoms with Crippen molar-refractivity contribution in [3.8, 4) is 118 Å².